The maximum absolute atomic E-state index is 12.9. The molecule has 1 aromatic carbocycles. The highest BCUT2D eigenvalue weighted by Crippen LogP contribution is 2.24. The minimum absolute atomic E-state index is 0.00381. The fourth-order valence-corrected chi connectivity index (χ4v) is 3.75. The van der Waals surface area contributed by atoms with Crippen LogP contribution in [0.25, 0.3) is 11.8 Å². The van der Waals surface area contributed by atoms with Gasteiger partial charge in [0.15, 0.2) is 0 Å². The lowest BCUT2D eigenvalue weighted by atomic mass is 10.1. The molecule has 0 aliphatic carbocycles. The second-order valence-corrected chi connectivity index (χ2v) is 7.33. The Morgan fingerprint density at radius 3 is 2.20 bits per heavy atom. The smallest absolute Gasteiger partial charge is 0.264 e. The monoisotopic (exact) mass is 406 g/mol. The molecule has 1 aliphatic heterocycles. The molecule has 0 spiro atoms. The van der Waals surface area contributed by atoms with Crippen LogP contribution in [0.4, 0.5) is 0 Å². The van der Waals surface area contributed by atoms with Crippen molar-refractivity contribution in [1.29, 1.82) is 5.26 Å². The van der Waals surface area contributed by atoms with Crippen LogP contribution in [0.2, 0.25) is 0 Å². The highest BCUT2D eigenvalue weighted by molar-refractivity contribution is 6.02. The van der Waals surface area contributed by atoms with Crippen LogP contribution in [0.1, 0.15) is 23.9 Å². The van der Waals surface area contributed by atoms with Gasteiger partial charge in [0.1, 0.15) is 17.4 Å². The average molecular weight is 406 g/mol. The van der Waals surface area contributed by atoms with E-state index in [1.807, 2.05) is 44.2 Å². The number of ether oxygens (including phenoxy) is 1. The molecule has 7 heteroatoms. The molecule has 2 amide bonds. The number of nitriles is 1. The highest BCUT2D eigenvalue weighted by atomic mass is 16.5. The van der Waals surface area contributed by atoms with Gasteiger partial charge in [-0.15, -0.1) is 0 Å². The van der Waals surface area contributed by atoms with E-state index < -0.39 is 0 Å². The molecule has 0 unspecified atom stereocenters. The number of benzene rings is 1. The molecular weight excluding hydrogens is 380 g/mol. The number of hydrogen-bond acceptors (Lipinski definition) is 4. The summed E-state index contributed by atoms with van der Waals surface area (Å²) in [5.41, 5.74) is 3.86. The van der Waals surface area contributed by atoms with Crippen LogP contribution in [-0.2, 0) is 9.59 Å². The first-order valence-electron chi connectivity index (χ1n) is 9.85. The standard InChI is InChI=1S/C23H26N4O3/c1-16-13-19(17(2)27(16)21-5-7-22(30-4)8-6-21)14-20(15-24)23(29)26-11-9-25(10-12-26)18(3)28/h5-8,13-14H,9-12H2,1-4H3/b20-14-. The number of methoxy groups -OCH3 is 1. The minimum Gasteiger partial charge on any atom is -0.497 e. The third-order valence-corrected chi connectivity index (χ3v) is 5.46. The SMILES string of the molecule is COc1ccc(-n2c(C)cc(/C=C(/C#N)C(=O)N3CCN(C(C)=O)CC3)c2C)cc1. The fraction of sp³-hybridized carbons (Fsp3) is 0.348. The van der Waals surface area contributed by atoms with Gasteiger partial charge < -0.3 is 19.1 Å². The third kappa shape index (κ3) is 4.23. The second kappa shape index (κ2) is 8.87. The maximum Gasteiger partial charge on any atom is 0.264 e. The Labute approximate surface area is 176 Å². The van der Waals surface area contributed by atoms with Crippen molar-refractivity contribution in [3.63, 3.8) is 0 Å². The first-order chi connectivity index (χ1) is 14.3. The van der Waals surface area contributed by atoms with Gasteiger partial charge in [-0.2, -0.15) is 5.26 Å². The molecular formula is C23H26N4O3. The van der Waals surface area contributed by atoms with Gasteiger partial charge in [0, 0.05) is 50.2 Å². The molecule has 0 atom stereocenters. The number of hydrogen-bond donors (Lipinski definition) is 0. The minimum atomic E-state index is -0.296. The summed E-state index contributed by atoms with van der Waals surface area (Å²) in [7, 11) is 1.63. The summed E-state index contributed by atoms with van der Waals surface area (Å²) < 4.78 is 7.30. The zero-order valence-corrected chi connectivity index (χ0v) is 17.8. The topological polar surface area (TPSA) is 78.6 Å². The van der Waals surface area contributed by atoms with E-state index >= 15 is 0 Å². The number of carbonyl (C=O) groups excluding carboxylic acids is 2. The van der Waals surface area contributed by atoms with E-state index in [1.54, 1.807) is 23.0 Å². The molecule has 0 radical (unpaired) electrons. The van der Waals surface area contributed by atoms with Crippen LogP contribution >= 0.6 is 0 Å². The number of aromatic nitrogens is 1. The largest absolute Gasteiger partial charge is 0.497 e. The molecule has 156 valence electrons. The summed E-state index contributed by atoms with van der Waals surface area (Å²) >= 11 is 0. The lowest BCUT2D eigenvalue weighted by Gasteiger charge is -2.34. The molecule has 1 aromatic heterocycles. The third-order valence-electron chi connectivity index (χ3n) is 5.46. The molecule has 2 aromatic rings. The summed E-state index contributed by atoms with van der Waals surface area (Å²) in [4.78, 5) is 27.7. The Hall–Kier alpha value is -3.53. The Kier molecular flexibility index (Phi) is 6.26. The van der Waals surface area contributed by atoms with Crippen LogP contribution in [-0.4, -0.2) is 59.5 Å². The van der Waals surface area contributed by atoms with Gasteiger partial charge in [0.25, 0.3) is 5.91 Å². The fourth-order valence-electron chi connectivity index (χ4n) is 3.75. The first kappa shape index (κ1) is 21.2. The zero-order valence-electron chi connectivity index (χ0n) is 17.8. The van der Waals surface area contributed by atoms with Crippen molar-refractivity contribution in [3.05, 3.63) is 52.9 Å². The second-order valence-electron chi connectivity index (χ2n) is 7.33. The van der Waals surface area contributed by atoms with Crippen LogP contribution in [0.5, 0.6) is 5.75 Å². The van der Waals surface area contributed by atoms with Crippen LogP contribution < -0.4 is 4.74 Å². The van der Waals surface area contributed by atoms with Gasteiger partial charge in [-0.05, 0) is 55.8 Å². The van der Waals surface area contributed by atoms with Crippen LogP contribution in [0.3, 0.4) is 0 Å². The first-order valence-corrected chi connectivity index (χ1v) is 9.85. The van der Waals surface area contributed by atoms with E-state index in [2.05, 4.69) is 10.6 Å². The van der Waals surface area contributed by atoms with E-state index in [0.717, 1.165) is 28.4 Å². The lowest BCUT2D eigenvalue weighted by Crippen LogP contribution is -2.50. The van der Waals surface area contributed by atoms with Gasteiger partial charge in [-0.3, -0.25) is 9.59 Å². The molecule has 3 rings (SSSR count). The Balaban J connectivity index is 1.85. The average Bonchev–Trinajstić information content (AvgIpc) is 3.04. The van der Waals surface area contributed by atoms with Crippen molar-refractivity contribution < 1.29 is 14.3 Å². The molecule has 7 nitrogen and oxygen atoms in total. The van der Waals surface area contributed by atoms with Gasteiger partial charge in [-0.1, -0.05) is 0 Å². The van der Waals surface area contributed by atoms with Crippen molar-refractivity contribution in [2.75, 3.05) is 33.3 Å². The number of nitrogens with zero attached hydrogens (tertiary/aromatic N) is 4. The molecule has 1 aliphatic rings. The Bertz CT molecular complexity index is 1020. The molecule has 1 fully saturated rings. The molecule has 0 N–H and O–H groups in total. The molecule has 1 saturated heterocycles. The van der Waals surface area contributed by atoms with E-state index in [0.29, 0.717) is 26.2 Å². The molecule has 0 bridgehead atoms. The quantitative estimate of drug-likeness (QED) is 0.578. The van der Waals surface area contributed by atoms with Gasteiger partial charge in [0.05, 0.1) is 7.11 Å². The normalized spacial score (nSPS) is 14.4. The zero-order chi connectivity index (χ0) is 21.8. The number of carbonyl (C=O) groups is 2. The summed E-state index contributed by atoms with van der Waals surface area (Å²) in [6.07, 6.45) is 1.65. The van der Waals surface area contributed by atoms with Crippen LogP contribution in [0, 0.1) is 25.2 Å². The predicted octanol–water partition coefficient (Wildman–Crippen LogP) is 2.70. The summed E-state index contributed by atoms with van der Waals surface area (Å²) in [5.74, 6) is 0.489. The van der Waals surface area contributed by atoms with E-state index in [9.17, 15) is 14.9 Å². The van der Waals surface area contributed by atoms with Crippen molar-refractivity contribution in [2.24, 2.45) is 0 Å². The molecule has 0 saturated carbocycles. The van der Waals surface area contributed by atoms with Gasteiger partial charge in [-0.25, -0.2) is 0 Å². The van der Waals surface area contributed by atoms with E-state index in [1.165, 1.54) is 6.92 Å². The van der Waals surface area contributed by atoms with Crippen molar-refractivity contribution in [2.45, 2.75) is 20.8 Å². The highest BCUT2D eigenvalue weighted by Gasteiger charge is 2.25. The molecule has 2 heterocycles. The number of amides is 2. The number of piperazine rings is 1. The number of rotatable bonds is 4. The summed E-state index contributed by atoms with van der Waals surface area (Å²) in [6.45, 7) is 7.33. The molecule has 30 heavy (non-hydrogen) atoms. The number of aryl methyl sites for hydroxylation is 1. The van der Waals surface area contributed by atoms with Gasteiger partial charge in [0.2, 0.25) is 5.91 Å². The predicted molar refractivity (Wildman–Crippen MR) is 114 cm³/mol. The van der Waals surface area contributed by atoms with Crippen molar-refractivity contribution in [3.8, 4) is 17.5 Å². The Morgan fingerprint density at radius 2 is 1.67 bits per heavy atom. The van der Waals surface area contributed by atoms with Crippen molar-refractivity contribution >= 4 is 17.9 Å². The Morgan fingerprint density at radius 1 is 1.07 bits per heavy atom. The van der Waals surface area contributed by atoms with Gasteiger partial charge >= 0.3 is 0 Å². The van der Waals surface area contributed by atoms with E-state index in [-0.39, 0.29) is 17.4 Å². The van der Waals surface area contributed by atoms with E-state index in [4.69, 9.17) is 4.74 Å². The summed E-state index contributed by atoms with van der Waals surface area (Å²) in [5, 5.41) is 9.62. The summed E-state index contributed by atoms with van der Waals surface area (Å²) in [6, 6.07) is 11.8. The maximum atomic E-state index is 12.9. The van der Waals surface area contributed by atoms with Crippen molar-refractivity contribution in [1.82, 2.24) is 14.4 Å². The van der Waals surface area contributed by atoms with Crippen LogP contribution in [0.15, 0.2) is 35.9 Å². The lowest BCUT2D eigenvalue weighted by molar-refractivity contribution is -0.135.